The van der Waals surface area contributed by atoms with E-state index in [9.17, 15) is 13.6 Å². The third-order valence-electron chi connectivity index (χ3n) is 4.69. The van der Waals surface area contributed by atoms with Gasteiger partial charge >= 0.3 is 5.97 Å². The van der Waals surface area contributed by atoms with E-state index in [0.717, 1.165) is 25.0 Å². The fraction of sp³-hybridized carbons (Fsp3) is 0.400. The number of carboxylic acid groups (broad SMARTS) is 1. The molecule has 0 amide bonds. The number of hydrogen-bond donors (Lipinski definition) is 1. The Bertz CT molecular complexity index is 854. The van der Waals surface area contributed by atoms with Crippen LogP contribution < -0.4 is 9.47 Å². The lowest BCUT2D eigenvalue weighted by atomic mass is 9.92. The number of pyridine rings is 1. The maximum Gasteiger partial charge on any atom is 0.338 e. The zero-order chi connectivity index (χ0) is 20.3. The smallest absolute Gasteiger partial charge is 0.338 e. The van der Waals surface area contributed by atoms with Crippen molar-refractivity contribution in [3.8, 4) is 11.5 Å². The van der Waals surface area contributed by atoms with Gasteiger partial charge in [0, 0.05) is 32.2 Å². The fourth-order valence-corrected chi connectivity index (χ4v) is 2.97. The molecule has 1 aliphatic rings. The normalized spacial score (nSPS) is 19.6. The molecule has 28 heavy (non-hydrogen) atoms. The maximum absolute atomic E-state index is 14.2. The molecule has 0 radical (unpaired) electrons. The Morgan fingerprint density at radius 1 is 1.25 bits per heavy atom. The molecule has 1 N–H and O–H groups in total. The van der Waals surface area contributed by atoms with Crippen molar-refractivity contribution in [3.63, 3.8) is 0 Å². The first-order chi connectivity index (χ1) is 13.4. The number of halogens is 2. The number of carbonyl (C=O) groups is 1. The quantitative estimate of drug-likeness (QED) is 0.726. The zero-order valence-corrected chi connectivity index (χ0v) is 15.5. The highest BCUT2D eigenvalue weighted by molar-refractivity contribution is 5.88. The molecule has 8 heteroatoms. The Kier molecular flexibility index (Phi) is 6.08. The number of carboxylic acids is 1. The van der Waals surface area contributed by atoms with Crippen molar-refractivity contribution < 1.29 is 32.9 Å². The van der Waals surface area contributed by atoms with Crippen molar-refractivity contribution >= 4 is 5.97 Å². The molecule has 1 aliphatic carbocycles. The van der Waals surface area contributed by atoms with Gasteiger partial charge in [0.15, 0.2) is 11.6 Å². The van der Waals surface area contributed by atoms with Gasteiger partial charge in [0.1, 0.15) is 18.0 Å². The molecule has 0 unspecified atom stereocenters. The molecule has 150 valence electrons. The number of hydrogen-bond acceptors (Lipinski definition) is 5. The second-order valence-corrected chi connectivity index (χ2v) is 6.54. The largest absolute Gasteiger partial charge is 0.490 e. The predicted molar refractivity (Wildman–Crippen MR) is 95.7 cm³/mol. The maximum atomic E-state index is 14.2. The summed E-state index contributed by atoms with van der Waals surface area (Å²) >= 11 is 0. The fourth-order valence-electron chi connectivity index (χ4n) is 2.97. The van der Waals surface area contributed by atoms with Crippen molar-refractivity contribution in [2.45, 2.75) is 44.5 Å². The molecule has 6 nitrogen and oxygen atoms in total. The number of methoxy groups -OCH3 is 1. The summed E-state index contributed by atoms with van der Waals surface area (Å²) in [4.78, 5) is 15.1. The lowest BCUT2D eigenvalue weighted by Gasteiger charge is -2.34. The molecule has 1 fully saturated rings. The van der Waals surface area contributed by atoms with Gasteiger partial charge in [0.2, 0.25) is 5.82 Å². The van der Waals surface area contributed by atoms with Crippen LogP contribution in [-0.4, -0.2) is 35.4 Å². The molecule has 0 aliphatic heterocycles. The number of benzene rings is 1. The highest BCUT2D eigenvalue weighted by atomic mass is 19.2. The molecule has 1 saturated carbocycles. The number of aromatic nitrogens is 1. The summed E-state index contributed by atoms with van der Waals surface area (Å²) in [5, 5.41) is 8.87. The van der Waals surface area contributed by atoms with Crippen LogP contribution in [0.25, 0.3) is 0 Å². The molecular formula is C20H21F2NO5. The molecule has 0 saturated heterocycles. The standard InChI is InChI=1S/C20H21F2NO5/c1-3-16(28-17-5-4-14(20(24)25)18(21)19(17)22)15-10-11(6-7-23-15)27-13-8-12(9-13)26-2/h4-7,10,12-13,16H,3,8-9H2,1-2H3,(H,24,25)/t12-,13-,16-/m1/s1. The Balaban J connectivity index is 1.74. The van der Waals surface area contributed by atoms with Gasteiger partial charge in [-0.25, -0.2) is 9.18 Å². The number of rotatable bonds is 8. The summed E-state index contributed by atoms with van der Waals surface area (Å²) < 4.78 is 44.8. The van der Waals surface area contributed by atoms with Gasteiger partial charge < -0.3 is 19.3 Å². The van der Waals surface area contributed by atoms with Crippen LogP contribution in [0.15, 0.2) is 30.5 Å². The summed E-state index contributed by atoms with van der Waals surface area (Å²) in [6.07, 6.45) is 3.24. The van der Waals surface area contributed by atoms with Gasteiger partial charge in [0.05, 0.1) is 17.4 Å². The number of aromatic carboxylic acids is 1. The number of nitrogens with zero attached hydrogens (tertiary/aromatic N) is 1. The van der Waals surface area contributed by atoms with E-state index in [1.165, 1.54) is 0 Å². The zero-order valence-electron chi connectivity index (χ0n) is 15.5. The SMILES string of the molecule is CC[C@@H](Oc1ccc(C(=O)O)c(F)c1F)c1cc(O[C@H]2C[C@H](OC)C2)ccn1. The third-order valence-corrected chi connectivity index (χ3v) is 4.69. The number of ether oxygens (including phenoxy) is 3. The molecule has 0 bridgehead atoms. The Morgan fingerprint density at radius 3 is 2.64 bits per heavy atom. The first-order valence-corrected chi connectivity index (χ1v) is 8.96. The van der Waals surface area contributed by atoms with Crippen LogP contribution in [0.4, 0.5) is 8.78 Å². The van der Waals surface area contributed by atoms with Crippen LogP contribution in [-0.2, 0) is 4.74 Å². The second-order valence-electron chi connectivity index (χ2n) is 6.54. The van der Waals surface area contributed by atoms with Crippen LogP contribution in [0.2, 0.25) is 0 Å². The summed E-state index contributed by atoms with van der Waals surface area (Å²) in [6.45, 7) is 1.81. The van der Waals surface area contributed by atoms with Gasteiger partial charge in [0.25, 0.3) is 0 Å². The van der Waals surface area contributed by atoms with Crippen LogP contribution in [0.1, 0.15) is 48.3 Å². The summed E-state index contributed by atoms with van der Waals surface area (Å²) in [5.41, 5.74) is -0.244. The van der Waals surface area contributed by atoms with E-state index < -0.39 is 29.3 Å². The van der Waals surface area contributed by atoms with Crippen LogP contribution in [0.5, 0.6) is 11.5 Å². The minimum absolute atomic E-state index is 0.0660. The van der Waals surface area contributed by atoms with Crippen molar-refractivity contribution in [2.24, 2.45) is 0 Å². The van der Waals surface area contributed by atoms with Crippen molar-refractivity contribution in [2.75, 3.05) is 7.11 Å². The summed E-state index contributed by atoms with van der Waals surface area (Å²) in [7, 11) is 1.67. The molecule has 0 spiro atoms. The first-order valence-electron chi connectivity index (χ1n) is 8.96. The molecule has 2 aromatic rings. The summed E-state index contributed by atoms with van der Waals surface area (Å²) in [6, 6.07) is 5.50. The highest BCUT2D eigenvalue weighted by Gasteiger charge is 2.31. The Morgan fingerprint density at radius 2 is 2.00 bits per heavy atom. The van der Waals surface area contributed by atoms with Crippen LogP contribution >= 0.6 is 0 Å². The monoisotopic (exact) mass is 393 g/mol. The first kappa shape index (κ1) is 20.0. The summed E-state index contributed by atoms with van der Waals surface area (Å²) in [5.74, 6) is -4.11. The predicted octanol–water partition coefficient (Wildman–Crippen LogP) is 4.14. The van der Waals surface area contributed by atoms with Gasteiger partial charge in [-0.2, -0.15) is 4.39 Å². The van der Waals surface area contributed by atoms with E-state index in [4.69, 9.17) is 19.3 Å². The van der Waals surface area contributed by atoms with E-state index in [1.54, 1.807) is 25.4 Å². The van der Waals surface area contributed by atoms with Gasteiger partial charge in [-0.3, -0.25) is 4.98 Å². The van der Waals surface area contributed by atoms with E-state index >= 15 is 0 Å². The van der Waals surface area contributed by atoms with Crippen molar-refractivity contribution in [1.29, 1.82) is 0 Å². The van der Waals surface area contributed by atoms with Crippen LogP contribution in [0, 0.1) is 11.6 Å². The van der Waals surface area contributed by atoms with E-state index in [2.05, 4.69) is 4.98 Å². The second kappa shape index (κ2) is 8.52. The van der Waals surface area contributed by atoms with Crippen molar-refractivity contribution in [1.82, 2.24) is 4.98 Å². The lowest BCUT2D eigenvalue weighted by molar-refractivity contribution is -0.0382. The highest BCUT2D eigenvalue weighted by Crippen LogP contribution is 2.31. The Labute approximate surface area is 161 Å². The molecule has 1 heterocycles. The van der Waals surface area contributed by atoms with Gasteiger partial charge in [-0.15, -0.1) is 0 Å². The lowest BCUT2D eigenvalue weighted by Crippen LogP contribution is -2.38. The molecule has 1 atom stereocenters. The third kappa shape index (κ3) is 4.22. The van der Waals surface area contributed by atoms with Crippen molar-refractivity contribution in [3.05, 3.63) is 53.4 Å². The van der Waals surface area contributed by atoms with Gasteiger partial charge in [-0.05, 0) is 24.6 Å². The van der Waals surface area contributed by atoms with E-state index in [0.29, 0.717) is 17.9 Å². The average Bonchev–Trinajstić information content (AvgIpc) is 2.65. The van der Waals surface area contributed by atoms with Crippen LogP contribution in [0.3, 0.4) is 0 Å². The average molecular weight is 393 g/mol. The molecule has 1 aromatic carbocycles. The minimum atomic E-state index is -1.55. The Hall–Kier alpha value is -2.74. The topological polar surface area (TPSA) is 77.9 Å². The van der Waals surface area contributed by atoms with E-state index in [-0.39, 0.29) is 18.0 Å². The van der Waals surface area contributed by atoms with Gasteiger partial charge in [-0.1, -0.05) is 6.92 Å². The molecule has 3 rings (SSSR count). The molecule has 1 aromatic heterocycles. The minimum Gasteiger partial charge on any atom is -0.490 e. The molecular weight excluding hydrogens is 372 g/mol. The van der Waals surface area contributed by atoms with E-state index in [1.807, 2.05) is 6.92 Å².